The number of rotatable bonds is 6. The summed E-state index contributed by atoms with van der Waals surface area (Å²) in [6.07, 6.45) is 0. The van der Waals surface area contributed by atoms with Crippen LogP contribution in [0.3, 0.4) is 0 Å². The lowest BCUT2D eigenvalue weighted by atomic mass is 9.89. The summed E-state index contributed by atoms with van der Waals surface area (Å²) >= 11 is 0. The molecule has 0 bridgehead atoms. The van der Waals surface area contributed by atoms with E-state index in [0.717, 1.165) is 16.8 Å². The highest BCUT2D eigenvalue weighted by molar-refractivity contribution is 6.11. The summed E-state index contributed by atoms with van der Waals surface area (Å²) in [5, 5.41) is 2.88. The number of carbonyl (C=O) groups is 2. The van der Waals surface area contributed by atoms with Crippen molar-refractivity contribution < 1.29 is 9.59 Å². The number of aryl methyl sites for hydroxylation is 1. The Morgan fingerprint density at radius 3 is 2.32 bits per heavy atom. The molecule has 0 aliphatic rings. The van der Waals surface area contributed by atoms with Crippen LogP contribution >= 0.6 is 0 Å². The van der Waals surface area contributed by atoms with Gasteiger partial charge in [-0.05, 0) is 51.0 Å². The van der Waals surface area contributed by atoms with Crippen LogP contribution in [0.2, 0.25) is 0 Å². The number of amides is 2. The summed E-state index contributed by atoms with van der Waals surface area (Å²) in [4.78, 5) is 27.3. The number of nitrogens with one attached hydrogen (secondary N) is 1. The maximum atomic E-state index is 13.0. The molecule has 0 saturated heterocycles. The van der Waals surface area contributed by atoms with Gasteiger partial charge in [0.25, 0.3) is 0 Å². The van der Waals surface area contributed by atoms with Crippen LogP contribution in [-0.4, -0.2) is 18.4 Å². The predicted molar refractivity (Wildman–Crippen MR) is 101 cm³/mol. The van der Waals surface area contributed by atoms with Crippen molar-refractivity contribution in [1.29, 1.82) is 0 Å². The van der Waals surface area contributed by atoms with Crippen LogP contribution < -0.4 is 10.2 Å². The number of anilines is 1. The molecule has 0 aliphatic heterocycles. The van der Waals surface area contributed by atoms with Crippen molar-refractivity contribution >= 4 is 17.5 Å². The monoisotopic (exact) mass is 338 g/mol. The van der Waals surface area contributed by atoms with E-state index in [1.54, 1.807) is 18.7 Å². The zero-order chi connectivity index (χ0) is 18.4. The summed E-state index contributed by atoms with van der Waals surface area (Å²) in [5.41, 5.74) is 1.76. The van der Waals surface area contributed by atoms with Gasteiger partial charge in [0.15, 0.2) is 0 Å². The van der Waals surface area contributed by atoms with Gasteiger partial charge in [-0.3, -0.25) is 9.59 Å². The van der Waals surface area contributed by atoms with E-state index in [1.165, 1.54) is 0 Å². The highest BCUT2D eigenvalue weighted by Crippen LogP contribution is 2.25. The molecule has 132 valence electrons. The number of hydrogen-bond acceptors (Lipinski definition) is 2. The van der Waals surface area contributed by atoms with Gasteiger partial charge in [-0.2, -0.15) is 0 Å². The maximum absolute atomic E-state index is 13.0. The average molecular weight is 338 g/mol. The van der Waals surface area contributed by atoms with Gasteiger partial charge in [-0.1, -0.05) is 42.5 Å². The second-order valence-corrected chi connectivity index (χ2v) is 6.68. The Hall–Kier alpha value is -2.62. The molecule has 0 fully saturated rings. The van der Waals surface area contributed by atoms with E-state index >= 15 is 0 Å². The van der Waals surface area contributed by atoms with Crippen molar-refractivity contribution in [2.45, 2.75) is 34.2 Å². The number of hydrogen-bond donors (Lipinski definition) is 1. The molecule has 2 aromatic carbocycles. The minimum Gasteiger partial charge on any atom is -0.351 e. The van der Waals surface area contributed by atoms with E-state index in [9.17, 15) is 9.59 Å². The first-order chi connectivity index (χ1) is 11.9. The lowest BCUT2D eigenvalue weighted by molar-refractivity contribution is -0.139. The molecule has 1 N–H and O–H groups in total. The molecule has 0 heterocycles. The Balaban J connectivity index is 2.12. The van der Waals surface area contributed by atoms with Gasteiger partial charge >= 0.3 is 0 Å². The largest absolute Gasteiger partial charge is 0.351 e. The first-order valence-electron chi connectivity index (χ1n) is 8.57. The molecule has 0 aliphatic carbocycles. The smallest absolute Gasteiger partial charge is 0.242 e. The summed E-state index contributed by atoms with van der Waals surface area (Å²) in [7, 11) is 0. The van der Waals surface area contributed by atoms with Gasteiger partial charge in [0.1, 0.15) is 5.41 Å². The SMILES string of the molecule is CCN(C(=O)C(C)(C)C(=O)NCc1ccccc1)c1cccc(C)c1. The number of benzene rings is 2. The van der Waals surface area contributed by atoms with Crippen molar-refractivity contribution in [1.82, 2.24) is 5.32 Å². The molecule has 4 heteroatoms. The van der Waals surface area contributed by atoms with Crippen LogP contribution in [0, 0.1) is 12.3 Å². The van der Waals surface area contributed by atoms with Crippen LogP contribution in [0.15, 0.2) is 54.6 Å². The summed E-state index contributed by atoms with van der Waals surface area (Å²) in [6, 6.07) is 17.4. The van der Waals surface area contributed by atoms with Crippen molar-refractivity contribution in [3.8, 4) is 0 Å². The molecule has 0 aromatic heterocycles. The molecule has 0 saturated carbocycles. The third-order valence-corrected chi connectivity index (χ3v) is 4.27. The summed E-state index contributed by atoms with van der Waals surface area (Å²) < 4.78 is 0. The second-order valence-electron chi connectivity index (χ2n) is 6.68. The van der Waals surface area contributed by atoms with E-state index in [0.29, 0.717) is 13.1 Å². The second kappa shape index (κ2) is 7.97. The Bertz CT molecular complexity index is 739. The highest BCUT2D eigenvalue weighted by Gasteiger charge is 2.39. The van der Waals surface area contributed by atoms with Crippen LogP contribution in [-0.2, 0) is 16.1 Å². The molecule has 2 amide bonds. The van der Waals surface area contributed by atoms with Crippen molar-refractivity contribution in [2.24, 2.45) is 5.41 Å². The quantitative estimate of drug-likeness (QED) is 0.817. The number of carbonyl (C=O) groups excluding carboxylic acids is 2. The van der Waals surface area contributed by atoms with Crippen LogP contribution in [0.25, 0.3) is 0 Å². The van der Waals surface area contributed by atoms with Gasteiger partial charge in [0.05, 0.1) is 0 Å². The fourth-order valence-corrected chi connectivity index (χ4v) is 2.67. The van der Waals surface area contributed by atoms with Gasteiger partial charge in [0.2, 0.25) is 11.8 Å². The van der Waals surface area contributed by atoms with E-state index in [2.05, 4.69) is 5.32 Å². The maximum Gasteiger partial charge on any atom is 0.242 e. The molecule has 2 aromatic rings. The Morgan fingerprint density at radius 1 is 1.04 bits per heavy atom. The lowest BCUT2D eigenvalue weighted by Crippen LogP contribution is -2.49. The lowest BCUT2D eigenvalue weighted by Gasteiger charge is -2.30. The fourth-order valence-electron chi connectivity index (χ4n) is 2.67. The molecule has 0 atom stereocenters. The zero-order valence-corrected chi connectivity index (χ0v) is 15.4. The summed E-state index contributed by atoms with van der Waals surface area (Å²) in [5.74, 6) is -0.474. The molecule has 0 unspecified atom stereocenters. The zero-order valence-electron chi connectivity index (χ0n) is 15.4. The van der Waals surface area contributed by atoms with E-state index in [-0.39, 0.29) is 11.8 Å². The first-order valence-corrected chi connectivity index (χ1v) is 8.57. The molecular weight excluding hydrogens is 312 g/mol. The van der Waals surface area contributed by atoms with Gasteiger partial charge in [-0.15, -0.1) is 0 Å². The van der Waals surface area contributed by atoms with E-state index in [1.807, 2.05) is 68.4 Å². The van der Waals surface area contributed by atoms with Crippen LogP contribution in [0.4, 0.5) is 5.69 Å². The average Bonchev–Trinajstić information content (AvgIpc) is 2.61. The highest BCUT2D eigenvalue weighted by atomic mass is 16.2. The van der Waals surface area contributed by atoms with Crippen LogP contribution in [0.1, 0.15) is 31.9 Å². The number of nitrogens with zero attached hydrogens (tertiary/aromatic N) is 1. The molecule has 0 radical (unpaired) electrons. The van der Waals surface area contributed by atoms with Gasteiger partial charge in [-0.25, -0.2) is 0 Å². The third-order valence-electron chi connectivity index (χ3n) is 4.27. The molecule has 2 rings (SSSR count). The van der Waals surface area contributed by atoms with Crippen molar-refractivity contribution in [3.63, 3.8) is 0 Å². The van der Waals surface area contributed by atoms with Crippen molar-refractivity contribution in [3.05, 3.63) is 65.7 Å². The topological polar surface area (TPSA) is 49.4 Å². The summed E-state index contributed by atoms with van der Waals surface area (Å²) in [6.45, 7) is 8.17. The van der Waals surface area contributed by atoms with E-state index < -0.39 is 5.41 Å². The molecule has 0 spiro atoms. The molecular formula is C21H26N2O2. The Morgan fingerprint density at radius 2 is 1.72 bits per heavy atom. The van der Waals surface area contributed by atoms with Gasteiger partial charge in [0, 0.05) is 18.8 Å². The van der Waals surface area contributed by atoms with Crippen LogP contribution in [0.5, 0.6) is 0 Å². The molecule has 4 nitrogen and oxygen atoms in total. The minimum atomic E-state index is -1.14. The van der Waals surface area contributed by atoms with Crippen molar-refractivity contribution in [2.75, 3.05) is 11.4 Å². The first kappa shape index (κ1) is 18.7. The predicted octanol–water partition coefficient (Wildman–Crippen LogP) is 3.69. The third kappa shape index (κ3) is 4.47. The Labute approximate surface area is 149 Å². The van der Waals surface area contributed by atoms with E-state index in [4.69, 9.17) is 0 Å². The molecule has 25 heavy (non-hydrogen) atoms. The van der Waals surface area contributed by atoms with Gasteiger partial charge < -0.3 is 10.2 Å². The fraction of sp³-hybridized carbons (Fsp3) is 0.333. The minimum absolute atomic E-state index is 0.203. The normalized spacial score (nSPS) is 11.0. The Kier molecular flexibility index (Phi) is 5.97. The standard InChI is InChI=1S/C21H26N2O2/c1-5-23(18-13-9-10-16(2)14-18)20(25)21(3,4)19(24)22-15-17-11-7-6-8-12-17/h6-14H,5,15H2,1-4H3,(H,22,24).